The van der Waals surface area contributed by atoms with E-state index in [-0.39, 0.29) is 0 Å². The fourth-order valence-electron chi connectivity index (χ4n) is 4.04. The molecule has 1 nitrogen and oxygen atoms in total. The number of benzene rings is 5. The standard InChI is InChI=1S/C30H22BrN/c31-26-20-25(23-12-4-1-5-13-23)21-28(22-26)32(27-16-8-3-9-17-27)30-19-11-10-18-29(30)24-14-6-2-7-15-24/h1-22H. The summed E-state index contributed by atoms with van der Waals surface area (Å²) in [4.78, 5) is 2.33. The van der Waals surface area contributed by atoms with Gasteiger partial charge in [0.25, 0.3) is 0 Å². The van der Waals surface area contributed by atoms with E-state index in [9.17, 15) is 0 Å². The van der Waals surface area contributed by atoms with Crippen LogP contribution in [0.4, 0.5) is 17.1 Å². The van der Waals surface area contributed by atoms with Crippen molar-refractivity contribution in [2.24, 2.45) is 0 Å². The molecule has 5 aromatic carbocycles. The summed E-state index contributed by atoms with van der Waals surface area (Å²) in [5.74, 6) is 0. The topological polar surface area (TPSA) is 3.24 Å². The molecule has 0 aliphatic rings. The third kappa shape index (κ3) is 4.23. The molecule has 0 bridgehead atoms. The van der Waals surface area contributed by atoms with Crippen LogP contribution >= 0.6 is 15.9 Å². The Morgan fingerprint density at radius 1 is 0.438 bits per heavy atom. The highest BCUT2D eigenvalue weighted by Gasteiger charge is 2.18. The molecule has 0 N–H and O–H groups in total. The van der Waals surface area contributed by atoms with Gasteiger partial charge in [0.1, 0.15) is 0 Å². The number of anilines is 3. The lowest BCUT2D eigenvalue weighted by molar-refractivity contribution is 1.28. The molecule has 0 saturated carbocycles. The summed E-state index contributed by atoms with van der Waals surface area (Å²) in [6, 6.07) is 46.8. The van der Waals surface area contributed by atoms with Crippen LogP contribution in [0.3, 0.4) is 0 Å². The van der Waals surface area contributed by atoms with Gasteiger partial charge in [-0.25, -0.2) is 0 Å². The third-order valence-electron chi connectivity index (χ3n) is 5.49. The molecule has 154 valence electrons. The Balaban J connectivity index is 1.73. The Morgan fingerprint density at radius 3 is 1.69 bits per heavy atom. The maximum absolute atomic E-state index is 3.76. The maximum atomic E-state index is 3.76. The maximum Gasteiger partial charge on any atom is 0.0540 e. The minimum absolute atomic E-state index is 1.05. The van der Waals surface area contributed by atoms with Gasteiger partial charge in [-0.3, -0.25) is 0 Å². The lowest BCUT2D eigenvalue weighted by Crippen LogP contribution is -2.11. The van der Waals surface area contributed by atoms with Crippen molar-refractivity contribution in [2.45, 2.75) is 0 Å². The largest absolute Gasteiger partial charge is 0.310 e. The number of halogens is 1. The number of hydrogen-bond donors (Lipinski definition) is 0. The minimum Gasteiger partial charge on any atom is -0.310 e. The fraction of sp³-hybridized carbons (Fsp3) is 0. The molecule has 0 amide bonds. The van der Waals surface area contributed by atoms with Crippen LogP contribution in [0.25, 0.3) is 22.3 Å². The summed E-state index contributed by atoms with van der Waals surface area (Å²) in [5, 5.41) is 0. The van der Waals surface area contributed by atoms with Gasteiger partial charge >= 0.3 is 0 Å². The van der Waals surface area contributed by atoms with E-state index in [0.29, 0.717) is 0 Å². The third-order valence-corrected chi connectivity index (χ3v) is 5.95. The predicted octanol–water partition coefficient (Wildman–Crippen LogP) is 9.25. The van der Waals surface area contributed by atoms with Crippen molar-refractivity contribution in [1.82, 2.24) is 0 Å². The second-order valence-electron chi connectivity index (χ2n) is 7.62. The Kier molecular flexibility index (Phi) is 5.87. The van der Waals surface area contributed by atoms with Gasteiger partial charge < -0.3 is 4.90 Å². The highest BCUT2D eigenvalue weighted by atomic mass is 79.9. The Morgan fingerprint density at radius 2 is 1.00 bits per heavy atom. The molecule has 0 fully saturated rings. The normalized spacial score (nSPS) is 10.7. The first-order valence-corrected chi connectivity index (χ1v) is 11.4. The zero-order valence-electron chi connectivity index (χ0n) is 17.5. The predicted molar refractivity (Wildman–Crippen MR) is 140 cm³/mol. The van der Waals surface area contributed by atoms with Crippen LogP contribution in [0.5, 0.6) is 0 Å². The van der Waals surface area contributed by atoms with Crippen molar-refractivity contribution < 1.29 is 0 Å². The lowest BCUT2D eigenvalue weighted by atomic mass is 10.0. The lowest BCUT2D eigenvalue weighted by Gasteiger charge is -2.28. The molecule has 0 unspecified atom stereocenters. The van der Waals surface area contributed by atoms with Crippen LogP contribution in [0.1, 0.15) is 0 Å². The molecule has 5 rings (SSSR count). The van der Waals surface area contributed by atoms with Crippen molar-refractivity contribution >= 4 is 33.0 Å². The molecule has 5 aromatic rings. The summed E-state index contributed by atoms with van der Waals surface area (Å²) in [5.41, 5.74) is 8.12. The smallest absolute Gasteiger partial charge is 0.0540 e. The van der Waals surface area contributed by atoms with Crippen LogP contribution in [0, 0.1) is 0 Å². The van der Waals surface area contributed by atoms with Crippen LogP contribution in [-0.2, 0) is 0 Å². The molecular weight excluding hydrogens is 454 g/mol. The van der Waals surface area contributed by atoms with E-state index in [1.54, 1.807) is 0 Å². The van der Waals surface area contributed by atoms with E-state index in [1.807, 2.05) is 0 Å². The second-order valence-corrected chi connectivity index (χ2v) is 8.53. The summed E-state index contributed by atoms with van der Waals surface area (Å²) in [6.07, 6.45) is 0. The van der Waals surface area contributed by atoms with Crippen molar-refractivity contribution in [1.29, 1.82) is 0 Å². The SMILES string of the molecule is Brc1cc(-c2ccccc2)cc(N(c2ccccc2)c2ccccc2-c2ccccc2)c1. The van der Waals surface area contributed by atoms with Crippen molar-refractivity contribution in [2.75, 3.05) is 4.90 Å². The van der Waals surface area contributed by atoms with Crippen molar-refractivity contribution in [3.8, 4) is 22.3 Å². The zero-order valence-corrected chi connectivity index (χ0v) is 19.1. The Bertz CT molecular complexity index is 1320. The van der Waals surface area contributed by atoms with Crippen LogP contribution < -0.4 is 4.90 Å². The molecule has 0 spiro atoms. The van der Waals surface area contributed by atoms with Crippen molar-refractivity contribution in [3.63, 3.8) is 0 Å². The van der Waals surface area contributed by atoms with Gasteiger partial charge in [0.15, 0.2) is 0 Å². The molecule has 0 aliphatic heterocycles. The monoisotopic (exact) mass is 475 g/mol. The van der Waals surface area contributed by atoms with E-state index in [0.717, 1.165) is 21.5 Å². The van der Waals surface area contributed by atoms with Gasteiger partial charge in [0, 0.05) is 21.4 Å². The molecule has 0 aromatic heterocycles. The quantitative estimate of drug-likeness (QED) is 0.244. The highest BCUT2D eigenvalue weighted by molar-refractivity contribution is 9.10. The summed E-state index contributed by atoms with van der Waals surface area (Å²) in [7, 11) is 0. The summed E-state index contributed by atoms with van der Waals surface area (Å²) in [6.45, 7) is 0. The van der Waals surface area contributed by atoms with Gasteiger partial charge in [-0.2, -0.15) is 0 Å². The summed E-state index contributed by atoms with van der Waals surface area (Å²) >= 11 is 3.76. The van der Waals surface area contributed by atoms with Crippen LogP contribution in [-0.4, -0.2) is 0 Å². The van der Waals surface area contributed by atoms with Gasteiger partial charge in [-0.1, -0.05) is 113 Å². The zero-order chi connectivity index (χ0) is 21.8. The highest BCUT2D eigenvalue weighted by Crippen LogP contribution is 2.42. The minimum atomic E-state index is 1.05. The second kappa shape index (κ2) is 9.25. The average Bonchev–Trinajstić information content (AvgIpc) is 2.86. The number of hydrogen-bond acceptors (Lipinski definition) is 1. The number of rotatable bonds is 5. The molecule has 32 heavy (non-hydrogen) atoms. The van der Waals surface area contributed by atoms with E-state index >= 15 is 0 Å². The average molecular weight is 476 g/mol. The Hall–Kier alpha value is -3.62. The molecular formula is C30H22BrN. The first kappa shape index (κ1) is 20.3. The molecule has 0 saturated heterocycles. The Labute approximate surface area is 197 Å². The van der Waals surface area contributed by atoms with Gasteiger partial charge in [-0.05, 0) is 53.1 Å². The van der Waals surface area contributed by atoms with Gasteiger partial charge in [-0.15, -0.1) is 0 Å². The summed E-state index contributed by atoms with van der Waals surface area (Å²) < 4.78 is 1.05. The molecule has 0 aliphatic carbocycles. The van der Waals surface area contributed by atoms with E-state index in [4.69, 9.17) is 0 Å². The molecule has 2 heteroatoms. The van der Waals surface area contributed by atoms with Crippen LogP contribution in [0.2, 0.25) is 0 Å². The number of para-hydroxylation sites is 2. The van der Waals surface area contributed by atoms with E-state index in [1.165, 1.54) is 22.3 Å². The van der Waals surface area contributed by atoms with Crippen molar-refractivity contribution in [3.05, 3.63) is 138 Å². The molecule has 0 heterocycles. The molecule has 0 atom stereocenters. The van der Waals surface area contributed by atoms with E-state index < -0.39 is 0 Å². The molecule has 0 radical (unpaired) electrons. The van der Waals surface area contributed by atoms with Crippen LogP contribution in [0.15, 0.2) is 138 Å². The van der Waals surface area contributed by atoms with E-state index in [2.05, 4.69) is 154 Å². The number of nitrogens with zero attached hydrogens (tertiary/aromatic N) is 1. The van der Waals surface area contributed by atoms with Gasteiger partial charge in [0.05, 0.1) is 5.69 Å². The first-order chi connectivity index (χ1) is 15.8. The van der Waals surface area contributed by atoms with Gasteiger partial charge in [0.2, 0.25) is 0 Å². The first-order valence-electron chi connectivity index (χ1n) is 10.7. The fourth-order valence-corrected chi connectivity index (χ4v) is 4.52.